The normalized spacial score (nSPS) is 16.7. The van der Waals surface area contributed by atoms with Crippen LogP contribution in [0.4, 0.5) is 29.3 Å². The molecule has 7 nitrogen and oxygen atoms in total. The largest absolute Gasteiger partial charge is 0.573 e. The molecule has 1 N–H and O–H groups in total. The molecule has 2 amide bonds. The van der Waals surface area contributed by atoms with Gasteiger partial charge < -0.3 is 24.6 Å². The number of carbonyl (C=O) groups is 1. The molecular weight excluding hydrogens is 485 g/mol. The summed E-state index contributed by atoms with van der Waals surface area (Å²) in [5.74, 6) is 1.22. The first-order valence-electron chi connectivity index (χ1n) is 12.1. The van der Waals surface area contributed by atoms with Crippen molar-refractivity contribution in [3.8, 4) is 17.2 Å². The molecule has 0 aliphatic carbocycles. The smallest absolute Gasteiger partial charge is 0.457 e. The van der Waals surface area contributed by atoms with Gasteiger partial charge in [-0.05, 0) is 60.7 Å². The van der Waals surface area contributed by atoms with Crippen LogP contribution >= 0.6 is 0 Å². The second-order valence-electron chi connectivity index (χ2n) is 8.99. The Hall–Kier alpha value is -3.92. The van der Waals surface area contributed by atoms with Crippen LogP contribution in [0, 0.1) is 0 Å². The highest BCUT2D eigenvalue weighted by atomic mass is 19.4. The van der Waals surface area contributed by atoms with Crippen molar-refractivity contribution < 1.29 is 27.4 Å². The van der Waals surface area contributed by atoms with Gasteiger partial charge in [0.15, 0.2) is 0 Å². The van der Waals surface area contributed by atoms with E-state index in [9.17, 15) is 18.0 Å². The van der Waals surface area contributed by atoms with E-state index >= 15 is 0 Å². The van der Waals surface area contributed by atoms with Crippen LogP contribution in [0.1, 0.15) is 0 Å². The van der Waals surface area contributed by atoms with Gasteiger partial charge in [-0.3, -0.25) is 4.90 Å². The summed E-state index contributed by atoms with van der Waals surface area (Å²) in [6.07, 6.45) is -4.69. The Balaban J connectivity index is 1.04. The molecule has 5 rings (SSSR count). The maximum absolute atomic E-state index is 12.6. The number of piperazine rings is 1. The van der Waals surface area contributed by atoms with E-state index in [1.807, 2.05) is 54.6 Å². The molecule has 2 aliphatic heterocycles. The number of hydrogen-bond acceptors (Lipinski definition) is 5. The summed E-state index contributed by atoms with van der Waals surface area (Å²) < 4.78 is 46.8. The number of urea groups is 1. The minimum absolute atomic E-state index is 0.132. The van der Waals surface area contributed by atoms with Crippen LogP contribution in [0.5, 0.6) is 17.2 Å². The summed E-state index contributed by atoms with van der Waals surface area (Å²) in [6.45, 7) is 4.49. The highest BCUT2D eigenvalue weighted by Crippen LogP contribution is 2.27. The maximum atomic E-state index is 12.6. The number of halogens is 3. The van der Waals surface area contributed by atoms with Gasteiger partial charge in [0, 0.05) is 56.7 Å². The lowest BCUT2D eigenvalue weighted by molar-refractivity contribution is -0.274. The van der Waals surface area contributed by atoms with Crippen LogP contribution in [-0.4, -0.2) is 67.5 Å². The van der Waals surface area contributed by atoms with Crippen LogP contribution in [-0.2, 0) is 0 Å². The number of anilines is 2. The first-order chi connectivity index (χ1) is 17.8. The van der Waals surface area contributed by atoms with E-state index in [1.54, 1.807) is 17.0 Å². The minimum atomic E-state index is -4.69. The lowest BCUT2D eigenvalue weighted by atomic mass is 10.1. The average Bonchev–Trinajstić information content (AvgIpc) is 2.85. The summed E-state index contributed by atoms with van der Waals surface area (Å²) in [6, 6.07) is 22.9. The fourth-order valence-electron chi connectivity index (χ4n) is 4.49. The van der Waals surface area contributed by atoms with E-state index in [1.165, 1.54) is 12.1 Å². The maximum Gasteiger partial charge on any atom is 0.573 e. The average molecular weight is 513 g/mol. The Kier molecular flexibility index (Phi) is 7.09. The second kappa shape index (κ2) is 10.6. The number of para-hydroxylation sites is 1. The molecule has 0 aromatic heterocycles. The molecule has 2 saturated heterocycles. The highest BCUT2D eigenvalue weighted by molar-refractivity contribution is 5.90. The van der Waals surface area contributed by atoms with Crippen molar-refractivity contribution in [2.45, 2.75) is 12.4 Å². The van der Waals surface area contributed by atoms with Gasteiger partial charge in [-0.15, -0.1) is 13.2 Å². The Morgan fingerprint density at radius 1 is 0.784 bits per heavy atom. The van der Waals surface area contributed by atoms with Crippen molar-refractivity contribution in [2.75, 3.05) is 49.5 Å². The predicted octanol–water partition coefficient (Wildman–Crippen LogP) is 5.42. The second-order valence-corrected chi connectivity index (χ2v) is 8.99. The lowest BCUT2D eigenvalue weighted by Gasteiger charge is -2.48. The number of rotatable bonds is 6. The third-order valence-electron chi connectivity index (χ3n) is 6.50. The van der Waals surface area contributed by atoms with Crippen molar-refractivity contribution in [3.63, 3.8) is 0 Å². The van der Waals surface area contributed by atoms with Gasteiger partial charge >= 0.3 is 12.4 Å². The first-order valence-corrected chi connectivity index (χ1v) is 12.1. The molecule has 0 spiro atoms. The summed E-state index contributed by atoms with van der Waals surface area (Å²) in [7, 11) is 0. The number of nitrogens with zero attached hydrogens (tertiary/aromatic N) is 3. The molecule has 0 saturated carbocycles. The molecule has 0 atom stereocenters. The molecule has 2 aliphatic rings. The van der Waals surface area contributed by atoms with Gasteiger partial charge in [-0.25, -0.2) is 4.79 Å². The SMILES string of the molecule is O=C(Nc1ccc(Oc2ccccc2)cc1)N1CC(N2CCN(c3ccc(OC(F)(F)F)cc3)CC2)C1. The fraction of sp³-hybridized carbons (Fsp3) is 0.296. The van der Waals surface area contributed by atoms with Crippen molar-refractivity contribution in [2.24, 2.45) is 0 Å². The zero-order valence-corrected chi connectivity index (χ0v) is 20.0. The number of amides is 2. The fourth-order valence-corrected chi connectivity index (χ4v) is 4.49. The summed E-state index contributed by atoms with van der Waals surface area (Å²) in [5.41, 5.74) is 1.57. The van der Waals surface area contributed by atoms with Crippen LogP contribution in [0.2, 0.25) is 0 Å². The van der Waals surface area contributed by atoms with Crippen LogP contribution in [0.25, 0.3) is 0 Å². The van der Waals surface area contributed by atoms with E-state index in [0.29, 0.717) is 30.6 Å². The standard InChI is InChI=1S/C27H27F3N4O3/c28-27(29,30)37-25-12-8-21(9-13-25)32-14-16-33(17-15-32)22-18-34(19-22)26(35)31-20-6-10-24(11-7-20)36-23-4-2-1-3-5-23/h1-13,22H,14-19H2,(H,31,35). The monoisotopic (exact) mass is 512 g/mol. The van der Waals surface area contributed by atoms with E-state index in [0.717, 1.165) is 37.6 Å². The van der Waals surface area contributed by atoms with Gasteiger partial charge in [0.1, 0.15) is 17.2 Å². The Morgan fingerprint density at radius 2 is 1.38 bits per heavy atom. The van der Waals surface area contributed by atoms with Crippen molar-refractivity contribution in [3.05, 3.63) is 78.9 Å². The highest BCUT2D eigenvalue weighted by Gasteiger charge is 2.36. The van der Waals surface area contributed by atoms with Gasteiger partial charge in [0.25, 0.3) is 0 Å². The van der Waals surface area contributed by atoms with Crippen LogP contribution in [0.3, 0.4) is 0 Å². The molecule has 3 aromatic rings. The summed E-state index contributed by atoms with van der Waals surface area (Å²) in [5, 5.41) is 2.93. The zero-order chi connectivity index (χ0) is 25.8. The third kappa shape index (κ3) is 6.45. The number of hydrogen-bond donors (Lipinski definition) is 1. The van der Waals surface area contributed by atoms with Gasteiger partial charge in [-0.2, -0.15) is 0 Å². The molecule has 10 heteroatoms. The molecule has 0 radical (unpaired) electrons. The lowest BCUT2D eigenvalue weighted by Crippen LogP contribution is -2.64. The van der Waals surface area contributed by atoms with Gasteiger partial charge in [-0.1, -0.05) is 18.2 Å². The molecule has 2 fully saturated rings. The van der Waals surface area contributed by atoms with E-state index < -0.39 is 6.36 Å². The summed E-state index contributed by atoms with van der Waals surface area (Å²) >= 11 is 0. The van der Waals surface area contributed by atoms with Crippen molar-refractivity contribution in [1.29, 1.82) is 0 Å². The first kappa shape index (κ1) is 24.8. The number of ether oxygens (including phenoxy) is 2. The Labute approximate surface area is 213 Å². The Bertz CT molecular complexity index is 1180. The minimum Gasteiger partial charge on any atom is -0.457 e. The molecule has 37 heavy (non-hydrogen) atoms. The molecule has 194 valence electrons. The number of nitrogens with one attached hydrogen (secondary N) is 1. The Morgan fingerprint density at radius 3 is 2.00 bits per heavy atom. The van der Waals surface area contributed by atoms with Crippen LogP contribution in [0.15, 0.2) is 78.9 Å². The van der Waals surface area contributed by atoms with Gasteiger partial charge in [0.2, 0.25) is 0 Å². The van der Waals surface area contributed by atoms with E-state index in [-0.39, 0.29) is 11.8 Å². The number of likely N-dealkylation sites (tertiary alicyclic amines) is 1. The molecule has 0 bridgehead atoms. The van der Waals surface area contributed by atoms with E-state index in [4.69, 9.17) is 4.74 Å². The quantitative estimate of drug-likeness (QED) is 0.478. The molecule has 0 unspecified atom stereocenters. The third-order valence-corrected chi connectivity index (χ3v) is 6.50. The van der Waals surface area contributed by atoms with Crippen molar-refractivity contribution in [1.82, 2.24) is 9.80 Å². The zero-order valence-electron chi connectivity index (χ0n) is 20.0. The summed E-state index contributed by atoms with van der Waals surface area (Å²) in [4.78, 5) is 18.9. The number of carbonyl (C=O) groups excluding carboxylic acids is 1. The van der Waals surface area contributed by atoms with Crippen LogP contribution < -0.4 is 19.7 Å². The molecule has 3 aromatic carbocycles. The number of alkyl halides is 3. The number of benzene rings is 3. The predicted molar refractivity (Wildman–Crippen MR) is 134 cm³/mol. The van der Waals surface area contributed by atoms with Crippen molar-refractivity contribution >= 4 is 17.4 Å². The molecule has 2 heterocycles. The topological polar surface area (TPSA) is 57.3 Å². The van der Waals surface area contributed by atoms with E-state index in [2.05, 4.69) is 19.9 Å². The molecular formula is C27H27F3N4O3. The van der Waals surface area contributed by atoms with Gasteiger partial charge in [0.05, 0.1) is 0 Å².